The zero-order valence-corrected chi connectivity index (χ0v) is 5.31. The number of aliphatic carboxylic acids is 1. The summed E-state index contributed by atoms with van der Waals surface area (Å²) in [4.78, 5) is 21.2. The average molecular weight is 145 g/mol. The minimum atomic E-state index is -1.17. The Bertz CT molecular complexity index is 170. The normalized spacial score (nSPS) is 29.9. The monoisotopic (exact) mass is 145 g/mol. The summed E-state index contributed by atoms with van der Waals surface area (Å²) in [6.45, 7) is 1.56. The lowest BCUT2D eigenvalue weighted by Gasteiger charge is -1.91. The molecule has 1 amide bonds. The van der Waals surface area contributed by atoms with Crippen molar-refractivity contribution in [3.8, 4) is 0 Å². The Kier molecular flexibility index (Phi) is 1.28. The molecule has 10 heavy (non-hydrogen) atoms. The molecule has 5 heteroatoms. The van der Waals surface area contributed by atoms with Crippen molar-refractivity contribution in [2.24, 2.45) is 0 Å². The van der Waals surface area contributed by atoms with Gasteiger partial charge in [-0.15, -0.1) is 0 Å². The van der Waals surface area contributed by atoms with Crippen LogP contribution in [0.4, 0.5) is 4.79 Å². The third-order valence-corrected chi connectivity index (χ3v) is 1.58. The molecule has 0 aromatic heterocycles. The van der Waals surface area contributed by atoms with Crippen molar-refractivity contribution in [1.29, 1.82) is 0 Å². The second kappa shape index (κ2) is 1.86. The quantitative estimate of drug-likeness (QED) is 0.502. The number of nitrogens with zero attached hydrogens (tertiary/aromatic N) is 1. The lowest BCUT2D eigenvalue weighted by molar-refractivity contribution is -0.137. The maximum atomic E-state index is 10.2. The summed E-state index contributed by atoms with van der Waals surface area (Å²) in [5, 5.41) is 16.6. The van der Waals surface area contributed by atoms with Crippen LogP contribution < -0.4 is 0 Å². The smallest absolute Gasteiger partial charge is 0.408 e. The summed E-state index contributed by atoms with van der Waals surface area (Å²) in [7, 11) is 0. The zero-order valence-electron chi connectivity index (χ0n) is 5.31. The SMILES string of the molecule is C[C@H]1[C@@H](C(=O)O)N1C(=O)O. The van der Waals surface area contributed by atoms with E-state index in [1.165, 1.54) is 0 Å². The van der Waals surface area contributed by atoms with E-state index in [0.29, 0.717) is 0 Å². The standard InChI is InChI=1S/C5H7NO4/c1-2-3(4(7)8)6(2)5(9)10/h2-3H,1H3,(H,7,8)(H,9,10)/t2-,3-,6?/m0/s1. The van der Waals surface area contributed by atoms with Crippen molar-refractivity contribution in [3.05, 3.63) is 0 Å². The van der Waals surface area contributed by atoms with E-state index >= 15 is 0 Å². The first-order valence-corrected chi connectivity index (χ1v) is 2.79. The van der Waals surface area contributed by atoms with Crippen LogP contribution in [0.15, 0.2) is 0 Å². The Hall–Kier alpha value is -1.26. The van der Waals surface area contributed by atoms with Crippen molar-refractivity contribution in [2.45, 2.75) is 19.0 Å². The molecule has 56 valence electrons. The lowest BCUT2D eigenvalue weighted by atomic mass is 10.4. The van der Waals surface area contributed by atoms with Gasteiger partial charge in [0, 0.05) is 0 Å². The van der Waals surface area contributed by atoms with Crippen molar-refractivity contribution in [1.82, 2.24) is 4.90 Å². The van der Waals surface area contributed by atoms with Gasteiger partial charge < -0.3 is 10.2 Å². The Morgan fingerprint density at radius 3 is 2.00 bits per heavy atom. The van der Waals surface area contributed by atoms with Crippen molar-refractivity contribution >= 4 is 12.1 Å². The number of amides is 1. The first-order chi connectivity index (χ1) is 4.55. The highest BCUT2D eigenvalue weighted by molar-refractivity contribution is 5.86. The molecule has 2 N–H and O–H groups in total. The van der Waals surface area contributed by atoms with Crippen LogP contribution in [0, 0.1) is 0 Å². The highest BCUT2D eigenvalue weighted by Gasteiger charge is 2.53. The molecule has 1 heterocycles. The molecule has 2 atom stereocenters. The molecule has 0 spiro atoms. The molecule has 1 fully saturated rings. The number of hydrogen-bond donors (Lipinski definition) is 2. The zero-order chi connectivity index (χ0) is 7.89. The van der Waals surface area contributed by atoms with E-state index in [2.05, 4.69) is 0 Å². The molecular weight excluding hydrogens is 138 g/mol. The number of rotatable bonds is 1. The topological polar surface area (TPSA) is 77.6 Å². The molecule has 0 radical (unpaired) electrons. The van der Waals surface area contributed by atoms with Gasteiger partial charge in [-0.1, -0.05) is 0 Å². The van der Waals surface area contributed by atoms with Crippen molar-refractivity contribution in [2.75, 3.05) is 0 Å². The number of hydrogen-bond acceptors (Lipinski definition) is 2. The Balaban J connectivity index is 2.57. The Morgan fingerprint density at radius 2 is 1.90 bits per heavy atom. The number of carbonyl (C=O) groups is 2. The summed E-state index contributed by atoms with van der Waals surface area (Å²) in [6.07, 6.45) is -1.17. The largest absolute Gasteiger partial charge is 0.480 e. The van der Waals surface area contributed by atoms with Gasteiger partial charge in [-0.2, -0.15) is 0 Å². The molecule has 0 aromatic rings. The van der Waals surface area contributed by atoms with E-state index < -0.39 is 18.1 Å². The van der Waals surface area contributed by atoms with E-state index in [-0.39, 0.29) is 6.04 Å². The summed E-state index contributed by atoms with van der Waals surface area (Å²) in [6, 6.07) is -1.19. The van der Waals surface area contributed by atoms with Crippen LogP contribution in [0.2, 0.25) is 0 Å². The molecule has 0 bridgehead atoms. The van der Waals surface area contributed by atoms with Crippen LogP contribution in [-0.2, 0) is 4.79 Å². The fourth-order valence-corrected chi connectivity index (χ4v) is 0.967. The highest BCUT2D eigenvalue weighted by Crippen LogP contribution is 2.27. The predicted molar refractivity (Wildman–Crippen MR) is 30.7 cm³/mol. The van der Waals surface area contributed by atoms with Gasteiger partial charge in [0.25, 0.3) is 0 Å². The minimum Gasteiger partial charge on any atom is -0.480 e. The second-order valence-corrected chi connectivity index (χ2v) is 2.21. The highest BCUT2D eigenvalue weighted by atomic mass is 16.4. The molecule has 0 unspecified atom stereocenters. The molecular formula is C5H7NO4. The van der Waals surface area contributed by atoms with Crippen molar-refractivity contribution in [3.63, 3.8) is 0 Å². The Labute approximate surface area is 56.9 Å². The minimum absolute atomic E-state index is 0.366. The van der Waals surface area contributed by atoms with E-state index in [4.69, 9.17) is 10.2 Å². The molecule has 0 saturated carbocycles. The van der Waals surface area contributed by atoms with Gasteiger partial charge in [0.2, 0.25) is 0 Å². The second-order valence-electron chi connectivity index (χ2n) is 2.21. The Morgan fingerprint density at radius 1 is 1.40 bits per heavy atom. The number of carboxylic acid groups (broad SMARTS) is 2. The van der Waals surface area contributed by atoms with Crippen molar-refractivity contribution < 1.29 is 19.8 Å². The number of carboxylic acids is 1. The summed E-state index contributed by atoms with van der Waals surface area (Å²) in [5.41, 5.74) is 0. The van der Waals surface area contributed by atoms with Gasteiger partial charge in [0.15, 0.2) is 6.04 Å². The lowest BCUT2D eigenvalue weighted by Crippen LogP contribution is -2.15. The van der Waals surface area contributed by atoms with Crippen LogP contribution in [0.3, 0.4) is 0 Å². The summed E-state index contributed by atoms with van der Waals surface area (Å²) >= 11 is 0. The van der Waals surface area contributed by atoms with Gasteiger partial charge in [-0.05, 0) is 6.92 Å². The van der Waals surface area contributed by atoms with Gasteiger partial charge in [0.05, 0.1) is 6.04 Å². The molecule has 0 aliphatic carbocycles. The predicted octanol–water partition coefficient (Wildman–Crippen LogP) is -0.178. The molecule has 1 aliphatic rings. The average Bonchev–Trinajstić information content (AvgIpc) is 2.40. The fourth-order valence-electron chi connectivity index (χ4n) is 0.967. The van der Waals surface area contributed by atoms with E-state index in [1.54, 1.807) is 6.92 Å². The fraction of sp³-hybridized carbons (Fsp3) is 0.600. The van der Waals surface area contributed by atoms with Crippen LogP contribution in [0.25, 0.3) is 0 Å². The van der Waals surface area contributed by atoms with E-state index in [1.807, 2.05) is 0 Å². The molecule has 5 nitrogen and oxygen atoms in total. The van der Waals surface area contributed by atoms with E-state index in [0.717, 1.165) is 4.90 Å². The molecule has 0 aromatic carbocycles. The van der Waals surface area contributed by atoms with Crippen LogP contribution in [0.1, 0.15) is 6.92 Å². The molecule has 1 aliphatic heterocycles. The van der Waals surface area contributed by atoms with Gasteiger partial charge in [0.1, 0.15) is 0 Å². The van der Waals surface area contributed by atoms with Gasteiger partial charge in [-0.25, -0.2) is 9.59 Å². The van der Waals surface area contributed by atoms with Crippen LogP contribution >= 0.6 is 0 Å². The van der Waals surface area contributed by atoms with Gasteiger partial charge >= 0.3 is 12.1 Å². The summed E-state index contributed by atoms with van der Waals surface area (Å²) in [5.74, 6) is -1.07. The summed E-state index contributed by atoms with van der Waals surface area (Å²) < 4.78 is 0. The molecule has 1 rings (SSSR count). The maximum Gasteiger partial charge on any atom is 0.408 e. The van der Waals surface area contributed by atoms with E-state index in [9.17, 15) is 9.59 Å². The van der Waals surface area contributed by atoms with Gasteiger partial charge in [-0.3, -0.25) is 4.90 Å². The third kappa shape index (κ3) is 0.792. The first-order valence-electron chi connectivity index (χ1n) is 2.79. The van der Waals surface area contributed by atoms with Crippen LogP contribution in [0.5, 0.6) is 0 Å². The first kappa shape index (κ1) is 6.85. The maximum absolute atomic E-state index is 10.2. The van der Waals surface area contributed by atoms with Crippen LogP contribution in [-0.4, -0.2) is 39.3 Å². The third-order valence-electron chi connectivity index (χ3n) is 1.58. The molecule has 1 saturated heterocycles.